The van der Waals surface area contributed by atoms with Crippen molar-refractivity contribution in [2.45, 2.75) is 44.7 Å². The van der Waals surface area contributed by atoms with Gasteiger partial charge in [-0.3, -0.25) is 14.4 Å². The molecule has 0 saturated heterocycles. The number of ether oxygens (including phenoxy) is 1. The van der Waals surface area contributed by atoms with Crippen molar-refractivity contribution in [3.8, 4) is 0 Å². The van der Waals surface area contributed by atoms with Crippen LogP contribution < -0.4 is 0 Å². The fourth-order valence-electron chi connectivity index (χ4n) is 4.70. The van der Waals surface area contributed by atoms with Crippen LogP contribution in [-0.4, -0.2) is 58.4 Å². The highest BCUT2D eigenvalue weighted by atomic mass is 16.5. The standard InChI is InChI=1S/C30H31NO8/c1-19(26(13-14-32)22-9-11-23(12-10-22)30(38)39-2)31(27(33)16-25(29(36)37)17-28(34)35)18-20-7-8-21-5-3-4-6-24(21)15-20/h3-12,14-15,19,25-26H,13,16-18H2,1-2H3,(H,34,35)(H,36,37)/t19?,25-,26?/m1/s1. The molecule has 9 heteroatoms. The van der Waals surface area contributed by atoms with E-state index in [4.69, 9.17) is 9.84 Å². The molecule has 0 aromatic heterocycles. The van der Waals surface area contributed by atoms with E-state index in [0.717, 1.165) is 22.6 Å². The Kier molecular flexibility index (Phi) is 9.92. The molecule has 3 rings (SSSR count). The zero-order chi connectivity index (χ0) is 28.5. The van der Waals surface area contributed by atoms with Crippen molar-refractivity contribution < 1.29 is 38.9 Å². The average Bonchev–Trinajstić information content (AvgIpc) is 2.93. The lowest BCUT2D eigenvalue weighted by atomic mass is 9.87. The molecule has 0 spiro atoms. The first-order valence-electron chi connectivity index (χ1n) is 12.5. The molecule has 3 aromatic carbocycles. The number of amides is 1. The van der Waals surface area contributed by atoms with Gasteiger partial charge in [-0.05, 0) is 47.0 Å². The number of benzene rings is 3. The summed E-state index contributed by atoms with van der Waals surface area (Å²) >= 11 is 0. The number of aliphatic carboxylic acids is 2. The summed E-state index contributed by atoms with van der Waals surface area (Å²) in [6, 6.07) is 19.4. The number of carboxylic acids is 2. The maximum absolute atomic E-state index is 13.6. The van der Waals surface area contributed by atoms with Crippen molar-refractivity contribution in [2.75, 3.05) is 7.11 Å². The van der Waals surface area contributed by atoms with Gasteiger partial charge in [-0.2, -0.15) is 0 Å². The molecule has 0 aliphatic heterocycles. The minimum atomic E-state index is -1.40. The Morgan fingerprint density at radius 2 is 1.59 bits per heavy atom. The van der Waals surface area contributed by atoms with E-state index in [0.29, 0.717) is 11.1 Å². The molecular weight excluding hydrogens is 502 g/mol. The Hall–Kier alpha value is -4.53. The minimum Gasteiger partial charge on any atom is -0.481 e. The Balaban J connectivity index is 1.98. The van der Waals surface area contributed by atoms with Gasteiger partial charge in [-0.25, -0.2) is 4.79 Å². The van der Waals surface area contributed by atoms with Crippen LogP contribution in [0.5, 0.6) is 0 Å². The smallest absolute Gasteiger partial charge is 0.337 e. The van der Waals surface area contributed by atoms with Crippen LogP contribution in [0.2, 0.25) is 0 Å². The number of carbonyl (C=O) groups excluding carboxylic acids is 3. The maximum atomic E-state index is 13.6. The second-order valence-electron chi connectivity index (χ2n) is 9.40. The summed E-state index contributed by atoms with van der Waals surface area (Å²) in [5.74, 6) is -5.59. The molecule has 0 saturated carbocycles. The molecule has 2 N–H and O–H groups in total. The van der Waals surface area contributed by atoms with Crippen LogP contribution in [0.4, 0.5) is 0 Å². The van der Waals surface area contributed by atoms with E-state index in [1.54, 1.807) is 31.2 Å². The Morgan fingerprint density at radius 1 is 0.923 bits per heavy atom. The van der Waals surface area contributed by atoms with Gasteiger partial charge in [0, 0.05) is 31.3 Å². The first-order chi connectivity index (χ1) is 18.6. The Morgan fingerprint density at radius 3 is 2.18 bits per heavy atom. The van der Waals surface area contributed by atoms with E-state index in [1.165, 1.54) is 12.0 Å². The third kappa shape index (κ3) is 7.50. The molecule has 3 aromatic rings. The van der Waals surface area contributed by atoms with E-state index in [2.05, 4.69) is 0 Å². The average molecular weight is 534 g/mol. The topological polar surface area (TPSA) is 138 Å². The van der Waals surface area contributed by atoms with Gasteiger partial charge in [0.1, 0.15) is 6.29 Å². The van der Waals surface area contributed by atoms with Crippen LogP contribution in [0, 0.1) is 5.92 Å². The van der Waals surface area contributed by atoms with Crippen molar-refractivity contribution >= 4 is 40.9 Å². The second kappa shape index (κ2) is 13.3. The van der Waals surface area contributed by atoms with E-state index < -0.39 is 54.5 Å². The molecule has 0 aliphatic carbocycles. The summed E-state index contributed by atoms with van der Waals surface area (Å²) in [6.07, 6.45) is -0.378. The molecule has 9 nitrogen and oxygen atoms in total. The molecule has 0 radical (unpaired) electrons. The predicted octanol–water partition coefficient (Wildman–Crippen LogP) is 4.28. The number of esters is 1. The van der Waals surface area contributed by atoms with Gasteiger partial charge >= 0.3 is 17.9 Å². The summed E-state index contributed by atoms with van der Waals surface area (Å²) in [6.45, 7) is 1.90. The summed E-state index contributed by atoms with van der Waals surface area (Å²) in [5.41, 5.74) is 1.84. The molecule has 1 amide bonds. The van der Waals surface area contributed by atoms with Crippen molar-refractivity contribution in [3.63, 3.8) is 0 Å². The lowest BCUT2D eigenvalue weighted by Crippen LogP contribution is -2.43. The number of rotatable bonds is 13. The van der Waals surface area contributed by atoms with Crippen LogP contribution in [-0.2, 0) is 30.5 Å². The van der Waals surface area contributed by atoms with E-state index >= 15 is 0 Å². The third-order valence-electron chi connectivity index (χ3n) is 6.86. The number of aldehydes is 1. The Labute approximate surface area is 226 Å². The molecule has 3 atom stereocenters. The molecule has 0 bridgehead atoms. The number of fused-ring (bicyclic) bond motifs is 1. The van der Waals surface area contributed by atoms with E-state index in [9.17, 15) is 29.1 Å². The van der Waals surface area contributed by atoms with Gasteiger partial charge in [0.25, 0.3) is 0 Å². The highest BCUT2D eigenvalue weighted by Gasteiger charge is 2.32. The van der Waals surface area contributed by atoms with Crippen LogP contribution in [0.3, 0.4) is 0 Å². The van der Waals surface area contributed by atoms with Crippen LogP contribution in [0.25, 0.3) is 10.8 Å². The lowest BCUT2D eigenvalue weighted by Gasteiger charge is -2.35. The summed E-state index contributed by atoms with van der Waals surface area (Å²) in [5, 5.41) is 20.7. The summed E-state index contributed by atoms with van der Waals surface area (Å²) in [4.78, 5) is 61.6. The van der Waals surface area contributed by atoms with Crippen LogP contribution >= 0.6 is 0 Å². The number of nitrogens with zero attached hydrogens (tertiary/aromatic N) is 1. The third-order valence-corrected chi connectivity index (χ3v) is 6.86. The van der Waals surface area contributed by atoms with Crippen molar-refractivity contribution in [1.29, 1.82) is 0 Å². The van der Waals surface area contributed by atoms with Gasteiger partial charge in [0.15, 0.2) is 0 Å². The van der Waals surface area contributed by atoms with Crippen LogP contribution in [0.1, 0.15) is 53.6 Å². The van der Waals surface area contributed by atoms with Gasteiger partial charge in [-0.15, -0.1) is 0 Å². The number of carboxylic acid groups (broad SMARTS) is 2. The lowest BCUT2D eigenvalue weighted by molar-refractivity contribution is -0.151. The van der Waals surface area contributed by atoms with E-state index in [1.807, 2.05) is 42.5 Å². The zero-order valence-corrected chi connectivity index (χ0v) is 21.8. The molecule has 0 heterocycles. The maximum Gasteiger partial charge on any atom is 0.337 e. The fourth-order valence-corrected chi connectivity index (χ4v) is 4.70. The largest absolute Gasteiger partial charge is 0.481 e. The predicted molar refractivity (Wildman–Crippen MR) is 143 cm³/mol. The van der Waals surface area contributed by atoms with Crippen molar-refractivity contribution in [2.24, 2.45) is 5.92 Å². The first kappa shape index (κ1) is 29.0. The molecule has 0 fully saturated rings. The summed E-state index contributed by atoms with van der Waals surface area (Å²) < 4.78 is 4.74. The SMILES string of the molecule is COC(=O)c1ccc(C(CC=O)C(C)N(Cc2ccc3ccccc3c2)C(=O)C[C@H](CC(=O)O)C(=O)O)cc1. The highest BCUT2D eigenvalue weighted by molar-refractivity contribution is 5.89. The van der Waals surface area contributed by atoms with Gasteiger partial charge in [0.2, 0.25) is 5.91 Å². The molecule has 0 aliphatic rings. The number of hydrogen-bond donors (Lipinski definition) is 2. The van der Waals surface area contributed by atoms with Crippen molar-refractivity contribution in [1.82, 2.24) is 4.90 Å². The molecule has 2 unspecified atom stereocenters. The van der Waals surface area contributed by atoms with Gasteiger partial charge in [-0.1, -0.05) is 48.5 Å². The number of carbonyl (C=O) groups is 5. The van der Waals surface area contributed by atoms with Gasteiger partial charge < -0.3 is 24.6 Å². The second-order valence-corrected chi connectivity index (χ2v) is 9.40. The zero-order valence-electron chi connectivity index (χ0n) is 21.8. The first-order valence-corrected chi connectivity index (χ1v) is 12.5. The minimum absolute atomic E-state index is 0.0672. The van der Waals surface area contributed by atoms with Gasteiger partial charge in [0.05, 0.1) is 25.0 Å². The quantitative estimate of drug-likeness (QED) is 0.245. The van der Waals surface area contributed by atoms with Crippen LogP contribution in [0.15, 0.2) is 66.7 Å². The Bertz CT molecular complexity index is 1350. The summed E-state index contributed by atoms with van der Waals surface area (Å²) in [7, 11) is 1.28. The number of hydrogen-bond acceptors (Lipinski definition) is 6. The monoisotopic (exact) mass is 533 g/mol. The molecule has 39 heavy (non-hydrogen) atoms. The number of methoxy groups -OCH3 is 1. The normalized spacial score (nSPS) is 13.2. The molecular formula is C30H31NO8. The van der Waals surface area contributed by atoms with Crippen molar-refractivity contribution in [3.05, 3.63) is 83.4 Å². The fraction of sp³-hybridized carbons (Fsp3) is 0.300. The molecule has 204 valence electrons. The van der Waals surface area contributed by atoms with E-state index in [-0.39, 0.29) is 13.0 Å². The highest BCUT2D eigenvalue weighted by Crippen LogP contribution is 2.30.